The molecule has 4 nitrogen and oxygen atoms in total. The van der Waals surface area contributed by atoms with Crippen LogP contribution < -0.4 is 5.73 Å². The number of nitrogens with zero attached hydrogens (tertiary/aromatic N) is 2. The summed E-state index contributed by atoms with van der Waals surface area (Å²) in [6.07, 6.45) is 2.94. The molecule has 0 aromatic heterocycles. The van der Waals surface area contributed by atoms with Gasteiger partial charge in [-0.2, -0.15) is 0 Å². The summed E-state index contributed by atoms with van der Waals surface area (Å²) in [6.45, 7) is 1.88. The number of nitrogens with two attached hydrogens (primary N) is 1. The van der Waals surface area contributed by atoms with Crippen LogP contribution in [0.4, 0.5) is 4.39 Å². The topological polar surface area (TPSA) is 58.7 Å². The summed E-state index contributed by atoms with van der Waals surface area (Å²) in [4.78, 5) is 18.9. The third-order valence-electron chi connectivity index (χ3n) is 5.50. The van der Waals surface area contributed by atoms with E-state index >= 15 is 0 Å². The first-order valence-corrected chi connectivity index (χ1v) is 9.65. The van der Waals surface area contributed by atoms with Gasteiger partial charge in [-0.1, -0.05) is 23.6 Å². The first-order valence-electron chi connectivity index (χ1n) is 8.84. The lowest BCUT2D eigenvalue weighted by atomic mass is 9.84. The van der Waals surface area contributed by atoms with E-state index in [1.807, 2.05) is 6.92 Å². The normalized spacial score (nSPS) is 32.0. The van der Waals surface area contributed by atoms with Crippen molar-refractivity contribution < 1.29 is 9.18 Å². The molecular weight excluding hydrogens is 349 g/mol. The van der Waals surface area contributed by atoms with Gasteiger partial charge in [0.05, 0.1) is 5.54 Å². The highest BCUT2D eigenvalue weighted by atomic mass is 32.2. The second kappa shape index (κ2) is 5.75. The Morgan fingerprint density at radius 1 is 1.42 bits per heavy atom. The van der Waals surface area contributed by atoms with Crippen LogP contribution in [0.5, 0.6) is 0 Å². The third kappa shape index (κ3) is 2.69. The molecule has 3 atom stereocenters. The van der Waals surface area contributed by atoms with E-state index in [0.717, 1.165) is 18.4 Å². The maximum atomic E-state index is 14.8. The molecule has 4 rings (SSSR count). The summed E-state index contributed by atoms with van der Waals surface area (Å²) >= 11 is 1.31. The van der Waals surface area contributed by atoms with Crippen LogP contribution in [-0.4, -0.2) is 34.8 Å². The Hall–Kier alpha value is -2.00. The summed E-state index contributed by atoms with van der Waals surface area (Å²) in [5.41, 5.74) is 6.47. The average Bonchev–Trinajstić information content (AvgIpc) is 3.47. The quantitative estimate of drug-likeness (QED) is 0.813. The Morgan fingerprint density at radius 2 is 2.15 bits per heavy atom. The van der Waals surface area contributed by atoms with Gasteiger partial charge in [0.15, 0.2) is 5.17 Å². The molecule has 1 heterocycles. The van der Waals surface area contributed by atoms with E-state index in [4.69, 9.17) is 5.73 Å². The Balaban J connectivity index is 1.75. The molecule has 2 fully saturated rings. The molecule has 0 spiro atoms. The lowest BCUT2D eigenvalue weighted by molar-refractivity contribution is -0.129. The van der Waals surface area contributed by atoms with Gasteiger partial charge < -0.3 is 10.6 Å². The lowest BCUT2D eigenvalue weighted by Crippen LogP contribution is -2.43. The van der Waals surface area contributed by atoms with Gasteiger partial charge >= 0.3 is 0 Å². The van der Waals surface area contributed by atoms with Gasteiger partial charge in [-0.25, -0.2) is 4.39 Å². The summed E-state index contributed by atoms with van der Waals surface area (Å²) in [6, 6.07) is 4.93. The predicted octanol–water partition coefficient (Wildman–Crippen LogP) is 2.71. The number of benzene rings is 1. The Morgan fingerprint density at radius 3 is 2.81 bits per heavy atom. The molecule has 1 aliphatic heterocycles. The molecule has 1 aromatic rings. The lowest BCUT2D eigenvalue weighted by Gasteiger charge is -2.34. The molecule has 2 aliphatic carbocycles. The molecule has 136 valence electrons. The molecule has 2 N–H and O–H groups in total. The van der Waals surface area contributed by atoms with E-state index in [-0.39, 0.29) is 17.6 Å². The molecule has 1 amide bonds. The maximum Gasteiger partial charge on any atom is 0.239 e. The fourth-order valence-corrected chi connectivity index (χ4v) is 5.34. The Bertz CT molecular complexity index is 883. The monoisotopic (exact) mass is 371 g/mol. The molecule has 6 heteroatoms. The van der Waals surface area contributed by atoms with Crippen molar-refractivity contribution in [1.82, 2.24) is 4.90 Å². The summed E-state index contributed by atoms with van der Waals surface area (Å²) in [5.74, 6) is 6.44. The number of fused-ring (bicyclic) bond motifs is 1. The highest BCUT2D eigenvalue weighted by Crippen LogP contribution is 2.66. The van der Waals surface area contributed by atoms with Gasteiger partial charge in [0.1, 0.15) is 10.6 Å². The van der Waals surface area contributed by atoms with Crippen molar-refractivity contribution in [1.29, 1.82) is 0 Å². The van der Waals surface area contributed by atoms with E-state index in [1.165, 1.54) is 17.8 Å². The first-order chi connectivity index (χ1) is 12.3. The summed E-state index contributed by atoms with van der Waals surface area (Å²) in [5, 5.41) is 0.338. The second-order valence-electron chi connectivity index (χ2n) is 7.78. The van der Waals surface area contributed by atoms with Crippen LogP contribution in [0.25, 0.3) is 0 Å². The number of amides is 1. The summed E-state index contributed by atoms with van der Waals surface area (Å²) in [7, 11) is 3.47. The van der Waals surface area contributed by atoms with Crippen LogP contribution >= 0.6 is 11.8 Å². The Labute approximate surface area is 157 Å². The molecule has 1 aromatic carbocycles. The fraction of sp³-hybridized carbons (Fsp3) is 0.500. The number of carbonyl (C=O) groups excluding carboxylic acids is 1. The molecular formula is C20H22FN3OS. The van der Waals surface area contributed by atoms with Crippen molar-refractivity contribution >= 4 is 22.8 Å². The number of amidine groups is 1. The van der Waals surface area contributed by atoms with Crippen LogP contribution in [0.3, 0.4) is 0 Å². The van der Waals surface area contributed by atoms with Crippen LogP contribution in [0.2, 0.25) is 0 Å². The Kier molecular flexibility index (Phi) is 3.85. The van der Waals surface area contributed by atoms with Gasteiger partial charge in [-0.15, -0.1) is 0 Å². The number of hydrogen-bond acceptors (Lipinski definition) is 4. The van der Waals surface area contributed by atoms with Crippen LogP contribution in [0.1, 0.15) is 37.3 Å². The van der Waals surface area contributed by atoms with Crippen LogP contribution in [-0.2, 0) is 10.3 Å². The predicted molar refractivity (Wildman–Crippen MR) is 102 cm³/mol. The highest BCUT2D eigenvalue weighted by molar-refractivity contribution is 8.15. The number of thioether (sulfide) groups is 1. The molecule has 3 aliphatic rings. The minimum absolute atomic E-state index is 0.0154. The maximum absolute atomic E-state index is 14.8. The SMILES string of the molecule is CN(C)C(=O)[C@]12C[C@H]1[C@@](C)(c1cc(C#CC3CC3)ccc1F)N=C(N)S2. The zero-order chi connectivity index (χ0) is 18.7. The minimum Gasteiger partial charge on any atom is -0.378 e. The van der Waals surface area contributed by atoms with Crippen molar-refractivity contribution in [2.75, 3.05) is 14.1 Å². The zero-order valence-corrected chi connectivity index (χ0v) is 16.0. The minimum atomic E-state index is -0.859. The average molecular weight is 371 g/mol. The van der Waals surface area contributed by atoms with E-state index in [0.29, 0.717) is 23.1 Å². The number of hydrogen-bond donors (Lipinski definition) is 1. The third-order valence-corrected chi connectivity index (χ3v) is 6.79. The largest absolute Gasteiger partial charge is 0.378 e. The van der Waals surface area contributed by atoms with Crippen LogP contribution in [0.15, 0.2) is 23.2 Å². The van der Waals surface area contributed by atoms with Crippen molar-refractivity contribution in [3.8, 4) is 11.8 Å². The summed E-state index contributed by atoms with van der Waals surface area (Å²) < 4.78 is 14.1. The van der Waals surface area contributed by atoms with E-state index in [1.54, 1.807) is 31.1 Å². The van der Waals surface area contributed by atoms with Gasteiger partial charge in [0.25, 0.3) is 0 Å². The molecule has 0 unspecified atom stereocenters. The first kappa shape index (κ1) is 17.4. The fourth-order valence-electron chi connectivity index (χ4n) is 3.84. The number of aliphatic imine (C=N–C) groups is 1. The second-order valence-corrected chi connectivity index (χ2v) is 9.13. The standard InChI is InChI=1S/C20H22FN3OS/c1-19(14-10-13(8-9-15(14)21)7-6-12-4-5-12)16-11-20(16,17(25)24(2)3)26-18(22)23-19/h8-10,12,16H,4-5,11H2,1-3H3,(H2,22,23)/t16-,19+,20-/m0/s1. The van der Waals surface area contributed by atoms with Crippen molar-refractivity contribution in [3.63, 3.8) is 0 Å². The van der Waals surface area contributed by atoms with Gasteiger partial charge in [0, 0.05) is 37.1 Å². The van der Waals surface area contributed by atoms with Crippen molar-refractivity contribution in [2.45, 2.75) is 36.5 Å². The highest BCUT2D eigenvalue weighted by Gasteiger charge is 2.71. The molecule has 0 saturated heterocycles. The van der Waals surface area contributed by atoms with Gasteiger partial charge in [0.2, 0.25) is 5.91 Å². The van der Waals surface area contributed by atoms with Crippen LogP contribution in [0, 0.1) is 29.5 Å². The van der Waals surface area contributed by atoms with Gasteiger partial charge in [-0.3, -0.25) is 9.79 Å². The van der Waals surface area contributed by atoms with Gasteiger partial charge in [-0.05, 0) is 44.4 Å². The molecule has 2 saturated carbocycles. The smallest absolute Gasteiger partial charge is 0.239 e. The molecule has 0 radical (unpaired) electrons. The van der Waals surface area contributed by atoms with E-state index in [9.17, 15) is 9.18 Å². The number of carbonyl (C=O) groups is 1. The number of rotatable bonds is 2. The number of halogens is 1. The van der Waals surface area contributed by atoms with Crippen molar-refractivity contribution in [2.24, 2.45) is 22.6 Å². The van der Waals surface area contributed by atoms with E-state index < -0.39 is 10.3 Å². The molecule has 0 bridgehead atoms. The molecule has 26 heavy (non-hydrogen) atoms. The van der Waals surface area contributed by atoms with E-state index in [2.05, 4.69) is 16.8 Å². The van der Waals surface area contributed by atoms with Crippen molar-refractivity contribution in [3.05, 3.63) is 35.1 Å². The zero-order valence-electron chi connectivity index (χ0n) is 15.2.